The van der Waals surface area contributed by atoms with E-state index in [9.17, 15) is 24.9 Å². The Hall–Kier alpha value is -1.24. The topological polar surface area (TPSA) is 104 Å². The van der Waals surface area contributed by atoms with Gasteiger partial charge >= 0.3 is 5.97 Å². The van der Waals surface area contributed by atoms with Crippen LogP contribution < -0.4 is 0 Å². The van der Waals surface area contributed by atoms with Crippen molar-refractivity contribution in [3.8, 4) is 0 Å². The molecule has 6 heteroatoms. The molecule has 0 radical (unpaired) electrons. The molecule has 0 fully saturated rings. The first-order valence-corrected chi connectivity index (χ1v) is 5.91. The smallest absolute Gasteiger partial charge is 0.306 e. The fourth-order valence-electron chi connectivity index (χ4n) is 1.73. The molecule has 102 valence electrons. The number of rotatable bonds is 5. The summed E-state index contributed by atoms with van der Waals surface area (Å²) in [6.45, 7) is 1.92. The van der Waals surface area contributed by atoms with Crippen molar-refractivity contribution < 1.29 is 29.6 Å². The number of aliphatic hydroxyl groups excluding tert-OH is 3. The number of carbonyl (C=O) groups excluding carboxylic acids is 2. The van der Waals surface area contributed by atoms with E-state index in [1.54, 1.807) is 0 Å². The van der Waals surface area contributed by atoms with Crippen LogP contribution in [0.1, 0.15) is 26.2 Å². The normalized spacial score (nSPS) is 31.7. The Morgan fingerprint density at radius 1 is 1.39 bits per heavy atom. The zero-order valence-corrected chi connectivity index (χ0v) is 10.2. The molecule has 0 saturated carbocycles. The minimum atomic E-state index is -1.50. The fraction of sp³-hybridized carbons (Fsp3) is 0.667. The van der Waals surface area contributed by atoms with Gasteiger partial charge in [0.1, 0.15) is 24.6 Å². The SMILES string of the molecule is CCCCC(=O)O[C@H]1C(C=O)=C[C@H](O)[C@@H](O)[C@@H]1O. The second-order valence-electron chi connectivity index (χ2n) is 4.27. The molecule has 1 aliphatic carbocycles. The van der Waals surface area contributed by atoms with E-state index in [2.05, 4.69) is 0 Å². The van der Waals surface area contributed by atoms with E-state index in [1.807, 2.05) is 6.92 Å². The maximum Gasteiger partial charge on any atom is 0.306 e. The van der Waals surface area contributed by atoms with E-state index in [1.165, 1.54) is 0 Å². The summed E-state index contributed by atoms with van der Waals surface area (Å²) >= 11 is 0. The van der Waals surface area contributed by atoms with Crippen LogP contribution in [0.2, 0.25) is 0 Å². The molecule has 0 saturated heterocycles. The fourth-order valence-corrected chi connectivity index (χ4v) is 1.73. The largest absolute Gasteiger partial charge is 0.454 e. The molecule has 1 aliphatic rings. The van der Waals surface area contributed by atoms with Crippen molar-refractivity contribution >= 4 is 12.3 Å². The third-order valence-corrected chi connectivity index (χ3v) is 2.83. The molecule has 0 aliphatic heterocycles. The van der Waals surface area contributed by atoms with Crippen molar-refractivity contribution in [2.24, 2.45) is 0 Å². The molecule has 4 atom stereocenters. The van der Waals surface area contributed by atoms with E-state index in [0.29, 0.717) is 12.7 Å². The van der Waals surface area contributed by atoms with E-state index in [4.69, 9.17) is 4.74 Å². The molecule has 0 bridgehead atoms. The van der Waals surface area contributed by atoms with E-state index in [-0.39, 0.29) is 12.0 Å². The second kappa shape index (κ2) is 6.63. The van der Waals surface area contributed by atoms with Gasteiger partial charge in [-0.3, -0.25) is 9.59 Å². The van der Waals surface area contributed by atoms with Crippen LogP contribution >= 0.6 is 0 Å². The van der Waals surface area contributed by atoms with Crippen LogP contribution in [0, 0.1) is 0 Å². The van der Waals surface area contributed by atoms with Crippen molar-refractivity contribution in [2.45, 2.75) is 50.6 Å². The maximum atomic E-state index is 11.4. The third kappa shape index (κ3) is 3.38. The number of hydrogen-bond donors (Lipinski definition) is 3. The van der Waals surface area contributed by atoms with Crippen LogP contribution in [0.5, 0.6) is 0 Å². The summed E-state index contributed by atoms with van der Waals surface area (Å²) in [5.41, 5.74) is -0.0369. The maximum absolute atomic E-state index is 11.4. The van der Waals surface area contributed by atoms with Crippen LogP contribution in [0.15, 0.2) is 11.6 Å². The van der Waals surface area contributed by atoms with Crippen LogP contribution in [0.3, 0.4) is 0 Å². The van der Waals surface area contributed by atoms with Crippen molar-refractivity contribution in [1.82, 2.24) is 0 Å². The summed E-state index contributed by atoms with van der Waals surface area (Å²) in [5.74, 6) is -0.544. The minimum absolute atomic E-state index is 0.0369. The lowest BCUT2D eigenvalue weighted by atomic mass is 9.90. The van der Waals surface area contributed by atoms with Crippen molar-refractivity contribution in [3.63, 3.8) is 0 Å². The number of hydrogen-bond acceptors (Lipinski definition) is 6. The summed E-state index contributed by atoms with van der Waals surface area (Å²) in [6.07, 6.45) is -2.40. The molecule has 18 heavy (non-hydrogen) atoms. The molecule has 3 N–H and O–H groups in total. The Morgan fingerprint density at radius 2 is 2.06 bits per heavy atom. The molecular weight excluding hydrogens is 240 g/mol. The second-order valence-corrected chi connectivity index (χ2v) is 4.27. The predicted molar refractivity (Wildman–Crippen MR) is 61.6 cm³/mol. The molecular formula is C12H18O6. The minimum Gasteiger partial charge on any atom is -0.454 e. The number of carbonyl (C=O) groups is 2. The summed E-state index contributed by atoms with van der Waals surface area (Å²) in [4.78, 5) is 22.2. The molecule has 0 spiro atoms. The summed E-state index contributed by atoms with van der Waals surface area (Å²) in [7, 11) is 0. The van der Waals surface area contributed by atoms with Gasteiger partial charge in [-0.1, -0.05) is 13.3 Å². The van der Waals surface area contributed by atoms with Gasteiger partial charge in [0.2, 0.25) is 0 Å². The average molecular weight is 258 g/mol. The molecule has 0 aromatic heterocycles. The lowest BCUT2D eigenvalue weighted by Crippen LogP contribution is -2.50. The van der Waals surface area contributed by atoms with Gasteiger partial charge in [0.05, 0.1) is 0 Å². The van der Waals surface area contributed by atoms with Crippen LogP contribution in [0.4, 0.5) is 0 Å². The van der Waals surface area contributed by atoms with Gasteiger partial charge in [-0.2, -0.15) is 0 Å². The average Bonchev–Trinajstić information content (AvgIpc) is 2.36. The van der Waals surface area contributed by atoms with Gasteiger partial charge < -0.3 is 20.1 Å². The number of esters is 1. The Bertz CT molecular complexity index is 337. The lowest BCUT2D eigenvalue weighted by molar-refractivity contribution is -0.161. The van der Waals surface area contributed by atoms with Crippen molar-refractivity contribution in [3.05, 3.63) is 11.6 Å². The van der Waals surface area contributed by atoms with E-state index < -0.39 is 30.4 Å². The third-order valence-electron chi connectivity index (χ3n) is 2.83. The molecule has 0 amide bonds. The summed E-state index contributed by atoms with van der Waals surface area (Å²) in [6, 6.07) is 0. The van der Waals surface area contributed by atoms with Crippen LogP contribution in [-0.2, 0) is 14.3 Å². The standard InChI is InChI=1S/C12H18O6/c1-2-3-4-9(15)18-12-7(6-13)5-8(14)10(16)11(12)17/h5-6,8,10-12,14,16-17H,2-4H2,1H3/t8-,10+,11-,12-/m0/s1. The van der Waals surface area contributed by atoms with E-state index >= 15 is 0 Å². The van der Waals surface area contributed by atoms with Gasteiger partial charge in [0, 0.05) is 12.0 Å². The lowest BCUT2D eigenvalue weighted by Gasteiger charge is -2.32. The van der Waals surface area contributed by atoms with Gasteiger partial charge in [0.25, 0.3) is 0 Å². The molecule has 1 rings (SSSR count). The number of unbranched alkanes of at least 4 members (excludes halogenated alkanes) is 1. The molecule has 0 heterocycles. The van der Waals surface area contributed by atoms with E-state index in [0.717, 1.165) is 12.5 Å². The molecule has 0 aromatic carbocycles. The highest BCUT2D eigenvalue weighted by Crippen LogP contribution is 2.22. The first kappa shape index (κ1) is 14.8. The zero-order valence-electron chi connectivity index (χ0n) is 10.2. The highest BCUT2D eigenvalue weighted by Gasteiger charge is 2.39. The number of aldehydes is 1. The molecule has 0 unspecified atom stereocenters. The zero-order chi connectivity index (χ0) is 13.7. The van der Waals surface area contributed by atoms with Gasteiger partial charge in [0.15, 0.2) is 6.10 Å². The number of ether oxygens (including phenoxy) is 1. The van der Waals surface area contributed by atoms with Crippen molar-refractivity contribution in [1.29, 1.82) is 0 Å². The Kier molecular flexibility index (Phi) is 5.46. The first-order valence-electron chi connectivity index (χ1n) is 5.91. The predicted octanol–water partition coefficient (Wildman–Crippen LogP) is -0.690. The Morgan fingerprint density at radius 3 is 2.61 bits per heavy atom. The monoisotopic (exact) mass is 258 g/mol. The van der Waals surface area contributed by atoms with Gasteiger partial charge in [-0.25, -0.2) is 0 Å². The summed E-state index contributed by atoms with van der Waals surface area (Å²) < 4.78 is 4.97. The first-order chi connectivity index (χ1) is 8.51. The highest BCUT2D eigenvalue weighted by atomic mass is 16.6. The number of aliphatic hydroxyl groups is 3. The Balaban J connectivity index is 2.75. The summed E-state index contributed by atoms with van der Waals surface area (Å²) in [5, 5.41) is 28.5. The van der Waals surface area contributed by atoms with Gasteiger partial charge in [-0.05, 0) is 12.5 Å². The van der Waals surface area contributed by atoms with Gasteiger partial charge in [-0.15, -0.1) is 0 Å². The quantitative estimate of drug-likeness (QED) is 0.445. The van der Waals surface area contributed by atoms with Crippen molar-refractivity contribution in [2.75, 3.05) is 0 Å². The molecule has 6 nitrogen and oxygen atoms in total. The highest BCUT2D eigenvalue weighted by molar-refractivity contribution is 5.78. The van der Waals surface area contributed by atoms with Crippen LogP contribution in [0.25, 0.3) is 0 Å². The Labute approximate surface area is 105 Å². The molecule has 0 aromatic rings. The van der Waals surface area contributed by atoms with Crippen LogP contribution in [-0.4, -0.2) is 52.0 Å².